The van der Waals surface area contributed by atoms with E-state index in [4.69, 9.17) is 9.47 Å². The molecule has 3 heterocycles. The molecule has 0 saturated carbocycles. The minimum atomic E-state index is -0.894. The number of para-hydroxylation sites is 1. The van der Waals surface area contributed by atoms with Crippen LogP contribution in [0.15, 0.2) is 42.6 Å². The van der Waals surface area contributed by atoms with Crippen LogP contribution in [-0.2, 0) is 16.0 Å². The van der Waals surface area contributed by atoms with Crippen LogP contribution in [0.1, 0.15) is 15.2 Å². The van der Waals surface area contributed by atoms with Crippen molar-refractivity contribution in [1.82, 2.24) is 9.88 Å². The van der Waals surface area contributed by atoms with E-state index < -0.39 is 5.97 Å². The second kappa shape index (κ2) is 7.59. The van der Waals surface area contributed by atoms with Crippen molar-refractivity contribution in [3.05, 3.63) is 53.0 Å². The highest BCUT2D eigenvalue weighted by molar-refractivity contribution is 7.16. The van der Waals surface area contributed by atoms with Gasteiger partial charge < -0.3 is 24.5 Å². The van der Waals surface area contributed by atoms with Crippen LogP contribution >= 0.6 is 11.3 Å². The van der Waals surface area contributed by atoms with Gasteiger partial charge in [-0.15, -0.1) is 11.3 Å². The first kappa shape index (κ1) is 17.2. The Morgan fingerprint density at radius 1 is 1.27 bits per heavy atom. The van der Waals surface area contributed by atoms with Crippen molar-refractivity contribution >= 4 is 28.2 Å². The van der Waals surface area contributed by atoms with E-state index in [-0.39, 0.29) is 6.10 Å². The lowest BCUT2D eigenvalue weighted by molar-refractivity contribution is -0.0864. The van der Waals surface area contributed by atoms with Gasteiger partial charge in [-0.1, -0.05) is 18.2 Å². The summed E-state index contributed by atoms with van der Waals surface area (Å²) in [7, 11) is 0. The summed E-state index contributed by atoms with van der Waals surface area (Å²) in [6.07, 6.45) is 2.17. The average Bonchev–Trinajstić information content (AvgIpc) is 3.28. The third kappa shape index (κ3) is 3.52. The van der Waals surface area contributed by atoms with Crippen molar-refractivity contribution in [3.8, 4) is 5.00 Å². The summed E-state index contributed by atoms with van der Waals surface area (Å²) in [5, 5.41) is 14.7. The Morgan fingerprint density at radius 3 is 2.92 bits per heavy atom. The molecule has 0 radical (unpaired) electrons. The van der Waals surface area contributed by atoms with Gasteiger partial charge in [-0.2, -0.15) is 0 Å². The zero-order valence-electron chi connectivity index (χ0n) is 14.2. The Hall–Kier alpha value is -2.19. The molecule has 0 spiro atoms. The maximum atomic E-state index is 11.2. The summed E-state index contributed by atoms with van der Waals surface area (Å²) in [4.78, 5) is 11.5. The highest BCUT2D eigenvalue weighted by Crippen LogP contribution is 2.29. The normalized spacial score (nSPS) is 17.6. The standard InChI is InChI=1S/C19H20N2O4S/c22-19(23)17-5-6-18(26-17)21-11-13(15-3-1-2-4-16(15)21)9-20-10-14-12-24-7-8-25-14/h1-6,11,14,20H,7-10,12H2,(H,22,23). The minimum absolute atomic E-state index is 0.0903. The third-order valence-corrected chi connectivity index (χ3v) is 5.48. The molecular weight excluding hydrogens is 352 g/mol. The second-order valence-electron chi connectivity index (χ2n) is 6.18. The number of nitrogens with one attached hydrogen (secondary N) is 1. The van der Waals surface area contributed by atoms with Crippen LogP contribution in [0.2, 0.25) is 0 Å². The number of carboxylic acid groups (broad SMARTS) is 1. The molecular formula is C19H20N2O4S. The first-order chi connectivity index (χ1) is 12.7. The van der Waals surface area contributed by atoms with Crippen molar-refractivity contribution in [2.24, 2.45) is 0 Å². The predicted octanol–water partition coefficient (Wildman–Crippen LogP) is 2.90. The van der Waals surface area contributed by atoms with E-state index in [1.165, 1.54) is 16.9 Å². The van der Waals surface area contributed by atoms with Crippen LogP contribution in [0.25, 0.3) is 15.9 Å². The fraction of sp³-hybridized carbons (Fsp3) is 0.316. The first-order valence-corrected chi connectivity index (χ1v) is 9.36. The maximum absolute atomic E-state index is 11.2. The Kier molecular flexibility index (Phi) is 5.03. The van der Waals surface area contributed by atoms with Gasteiger partial charge >= 0.3 is 5.97 Å². The maximum Gasteiger partial charge on any atom is 0.345 e. The molecule has 26 heavy (non-hydrogen) atoms. The highest BCUT2D eigenvalue weighted by Gasteiger charge is 2.16. The molecule has 1 atom stereocenters. The number of nitrogens with zero attached hydrogens (tertiary/aromatic N) is 1. The monoisotopic (exact) mass is 372 g/mol. The Bertz CT molecular complexity index is 911. The van der Waals surface area contributed by atoms with Gasteiger partial charge in [0.05, 0.1) is 31.4 Å². The number of carboxylic acids is 1. The molecule has 1 aromatic carbocycles. The molecule has 3 aromatic rings. The van der Waals surface area contributed by atoms with Gasteiger partial charge in [-0.05, 0) is 23.8 Å². The molecule has 1 unspecified atom stereocenters. The number of benzene rings is 1. The van der Waals surface area contributed by atoms with Gasteiger partial charge in [-0.25, -0.2) is 4.79 Å². The minimum Gasteiger partial charge on any atom is -0.477 e. The smallest absolute Gasteiger partial charge is 0.345 e. The van der Waals surface area contributed by atoms with Gasteiger partial charge in [0, 0.05) is 24.7 Å². The van der Waals surface area contributed by atoms with E-state index >= 15 is 0 Å². The molecule has 6 nitrogen and oxygen atoms in total. The summed E-state index contributed by atoms with van der Waals surface area (Å²) in [6.45, 7) is 3.40. The summed E-state index contributed by atoms with van der Waals surface area (Å²) < 4.78 is 13.1. The zero-order chi connectivity index (χ0) is 17.9. The highest BCUT2D eigenvalue weighted by atomic mass is 32.1. The van der Waals surface area contributed by atoms with Crippen molar-refractivity contribution in [1.29, 1.82) is 0 Å². The summed E-state index contributed by atoms with van der Waals surface area (Å²) >= 11 is 1.28. The van der Waals surface area contributed by atoms with E-state index in [0.29, 0.717) is 31.2 Å². The molecule has 7 heteroatoms. The van der Waals surface area contributed by atoms with Crippen molar-refractivity contribution in [3.63, 3.8) is 0 Å². The molecule has 1 aliphatic rings. The van der Waals surface area contributed by atoms with Crippen molar-refractivity contribution in [2.45, 2.75) is 12.6 Å². The van der Waals surface area contributed by atoms with Gasteiger partial charge in [0.25, 0.3) is 0 Å². The van der Waals surface area contributed by atoms with Gasteiger partial charge in [0.2, 0.25) is 0 Å². The van der Waals surface area contributed by atoms with E-state index in [2.05, 4.69) is 28.2 Å². The van der Waals surface area contributed by atoms with Crippen LogP contribution in [0, 0.1) is 0 Å². The molecule has 1 saturated heterocycles. The largest absolute Gasteiger partial charge is 0.477 e. The quantitative estimate of drug-likeness (QED) is 0.696. The van der Waals surface area contributed by atoms with Crippen LogP contribution < -0.4 is 5.32 Å². The third-order valence-electron chi connectivity index (χ3n) is 4.41. The summed E-state index contributed by atoms with van der Waals surface area (Å²) in [5.74, 6) is -0.894. The number of rotatable bonds is 6. The second-order valence-corrected chi connectivity index (χ2v) is 7.25. The number of thiophene rings is 1. The number of carbonyl (C=O) groups is 1. The molecule has 1 fully saturated rings. The van der Waals surface area contributed by atoms with E-state index in [9.17, 15) is 9.90 Å². The number of ether oxygens (including phenoxy) is 2. The molecule has 2 N–H and O–H groups in total. The van der Waals surface area contributed by atoms with Gasteiger partial charge in [0.1, 0.15) is 9.88 Å². The first-order valence-electron chi connectivity index (χ1n) is 8.55. The van der Waals surface area contributed by atoms with E-state index in [1.807, 2.05) is 18.2 Å². The molecule has 0 bridgehead atoms. The van der Waals surface area contributed by atoms with Crippen molar-refractivity contribution in [2.75, 3.05) is 26.4 Å². The average molecular weight is 372 g/mol. The topological polar surface area (TPSA) is 72.7 Å². The van der Waals surface area contributed by atoms with Crippen LogP contribution in [-0.4, -0.2) is 48.1 Å². The lowest BCUT2D eigenvalue weighted by Gasteiger charge is -2.23. The van der Waals surface area contributed by atoms with Gasteiger partial charge in [0.15, 0.2) is 0 Å². The molecule has 0 aliphatic carbocycles. The Morgan fingerprint density at radius 2 is 2.15 bits per heavy atom. The fourth-order valence-electron chi connectivity index (χ4n) is 3.17. The lowest BCUT2D eigenvalue weighted by Crippen LogP contribution is -2.37. The molecule has 1 aliphatic heterocycles. The molecule has 2 aromatic heterocycles. The molecule has 136 valence electrons. The van der Waals surface area contributed by atoms with Crippen LogP contribution in [0.3, 0.4) is 0 Å². The van der Waals surface area contributed by atoms with Crippen molar-refractivity contribution < 1.29 is 19.4 Å². The number of hydrogen-bond acceptors (Lipinski definition) is 5. The number of hydrogen-bond donors (Lipinski definition) is 2. The predicted molar refractivity (Wildman–Crippen MR) is 100 cm³/mol. The Balaban J connectivity index is 1.56. The fourth-order valence-corrected chi connectivity index (χ4v) is 4.00. The van der Waals surface area contributed by atoms with E-state index in [1.54, 1.807) is 6.07 Å². The van der Waals surface area contributed by atoms with Gasteiger partial charge in [-0.3, -0.25) is 0 Å². The lowest BCUT2D eigenvalue weighted by atomic mass is 10.2. The van der Waals surface area contributed by atoms with E-state index in [0.717, 1.165) is 22.4 Å². The number of fused-ring (bicyclic) bond motifs is 1. The summed E-state index contributed by atoms with van der Waals surface area (Å²) in [6, 6.07) is 11.7. The number of aromatic carboxylic acids is 1. The van der Waals surface area contributed by atoms with Crippen LogP contribution in [0.4, 0.5) is 0 Å². The molecule has 0 amide bonds. The SMILES string of the molecule is O=C(O)c1ccc(-n2cc(CNCC3COCCO3)c3ccccc32)s1. The number of aromatic nitrogens is 1. The molecule has 4 rings (SSSR count). The van der Waals surface area contributed by atoms with Crippen LogP contribution in [0.5, 0.6) is 0 Å². The summed E-state index contributed by atoms with van der Waals surface area (Å²) in [5.41, 5.74) is 2.24. The zero-order valence-corrected chi connectivity index (χ0v) is 15.0. The Labute approximate surface area is 155 Å².